The molecule has 0 aliphatic rings. The van der Waals surface area contributed by atoms with Crippen molar-refractivity contribution in [2.75, 3.05) is 13.2 Å². The third-order valence-electron chi connectivity index (χ3n) is 15.4. The molecule has 0 heterocycles. The molecule has 0 aromatic heterocycles. The number of hydrogen-bond donors (Lipinski definition) is 0. The number of carbonyl (C=O) groups excluding carboxylic acids is 3. The molecule has 1 atom stereocenters. The second-order valence-electron chi connectivity index (χ2n) is 23.4. The van der Waals surface area contributed by atoms with Gasteiger partial charge < -0.3 is 14.2 Å². The lowest BCUT2D eigenvalue weighted by atomic mass is 10.0. The second-order valence-corrected chi connectivity index (χ2v) is 23.4. The Hall–Kier alpha value is -3.41. The Bertz CT molecular complexity index is 1530. The van der Waals surface area contributed by atoms with E-state index in [1.54, 1.807) is 0 Å². The molecule has 0 rings (SSSR count). The maximum atomic E-state index is 12.9. The summed E-state index contributed by atoms with van der Waals surface area (Å²) in [6, 6.07) is 0. The van der Waals surface area contributed by atoms with Gasteiger partial charge >= 0.3 is 17.9 Å². The lowest BCUT2D eigenvalue weighted by Crippen LogP contribution is -2.30. The first-order valence-corrected chi connectivity index (χ1v) is 35.1. The standard InChI is InChI=1S/C75H132O6/c1-4-7-10-13-16-19-22-25-27-29-31-32-33-34-35-36-37-38-39-40-41-42-44-45-47-50-53-56-59-62-65-68-74(77)80-71-72(70-79-73(76)67-64-61-58-55-52-49-24-21-18-15-12-9-6-3)81-75(78)69-66-63-60-57-54-51-48-46-43-30-28-26-23-20-17-14-11-8-5-2/h8,11,17,20,22,25-26,28-29,31,33-34,43,46,72H,4-7,9-10,12-16,18-19,21,23-24,27,30,32,35-42,44-45,47-71H2,1-3H3/b11-8-,20-17-,25-22-,28-26-,31-29-,34-33-,46-43-. The maximum absolute atomic E-state index is 12.9. The number of esters is 3. The van der Waals surface area contributed by atoms with Gasteiger partial charge in [-0.05, 0) is 96.3 Å². The van der Waals surface area contributed by atoms with Gasteiger partial charge in [0.1, 0.15) is 13.2 Å². The third kappa shape index (κ3) is 67.3. The molecule has 0 amide bonds. The molecule has 0 spiro atoms. The predicted octanol–water partition coefficient (Wildman–Crippen LogP) is 24.2. The molecular weight excluding hydrogens is 997 g/mol. The minimum atomic E-state index is -0.783. The topological polar surface area (TPSA) is 78.9 Å². The molecule has 0 bridgehead atoms. The van der Waals surface area contributed by atoms with Crippen molar-refractivity contribution in [2.45, 2.75) is 361 Å². The van der Waals surface area contributed by atoms with Crippen LogP contribution in [0.25, 0.3) is 0 Å². The van der Waals surface area contributed by atoms with Gasteiger partial charge in [-0.25, -0.2) is 0 Å². The molecule has 0 radical (unpaired) electrons. The number of ether oxygens (including phenoxy) is 3. The first-order valence-electron chi connectivity index (χ1n) is 35.1. The number of carbonyl (C=O) groups is 3. The number of unbranched alkanes of at least 4 members (excludes halogenated alkanes) is 39. The molecule has 1 unspecified atom stereocenters. The predicted molar refractivity (Wildman–Crippen MR) is 353 cm³/mol. The molecule has 6 heteroatoms. The second kappa shape index (κ2) is 69.1. The van der Waals surface area contributed by atoms with Crippen molar-refractivity contribution in [2.24, 2.45) is 0 Å². The van der Waals surface area contributed by atoms with Crippen LogP contribution >= 0.6 is 0 Å². The summed E-state index contributed by atoms with van der Waals surface area (Å²) in [6.07, 6.45) is 91.8. The van der Waals surface area contributed by atoms with Crippen LogP contribution in [-0.4, -0.2) is 37.2 Å². The molecule has 0 aromatic rings. The Labute approximate surface area is 503 Å². The fourth-order valence-electron chi connectivity index (χ4n) is 10.2. The van der Waals surface area contributed by atoms with Crippen LogP contribution in [0.2, 0.25) is 0 Å². The van der Waals surface area contributed by atoms with Crippen molar-refractivity contribution in [3.8, 4) is 0 Å². The summed E-state index contributed by atoms with van der Waals surface area (Å²) >= 11 is 0. The highest BCUT2D eigenvalue weighted by Crippen LogP contribution is 2.17. The van der Waals surface area contributed by atoms with Gasteiger partial charge in [-0.1, -0.05) is 324 Å². The van der Waals surface area contributed by atoms with Crippen molar-refractivity contribution in [1.82, 2.24) is 0 Å². The van der Waals surface area contributed by atoms with E-state index in [0.717, 1.165) is 109 Å². The molecule has 0 fully saturated rings. The zero-order valence-corrected chi connectivity index (χ0v) is 53.8. The minimum Gasteiger partial charge on any atom is -0.462 e. The summed E-state index contributed by atoms with van der Waals surface area (Å²) in [5.41, 5.74) is 0. The Morgan fingerprint density at radius 3 is 0.753 bits per heavy atom. The smallest absolute Gasteiger partial charge is 0.306 e. The van der Waals surface area contributed by atoms with Crippen molar-refractivity contribution in [3.63, 3.8) is 0 Å². The third-order valence-corrected chi connectivity index (χ3v) is 15.4. The van der Waals surface area contributed by atoms with E-state index >= 15 is 0 Å². The van der Waals surface area contributed by atoms with Gasteiger partial charge in [0, 0.05) is 19.3 Å². The van der Waals surface area contributed by atoms with Gasteiger partial charge in [0.25, 0.3) is 0 Å². The van der Waals surface area contributed by atoms with Gasteiger partial charge in [-0.3, -0.25) is 14.4 Å². The van der Waals surface area contributed by atoms with E-state index in [0.29, 0.717) is 19.3 Å². The van der Waals surface area contributed by atoms with Crippen LogP contribution in [0.15, 0.2) is 85.1 Å². The molecular formula is C75H132O6. The fraction of sp³-hybridized carbons (Fsp3) is 0.773. The van der Waals surface area contributed by atoms with Gasteiger partial charge in [0.15, 0.2) is 6.10 Å². The monoisotopic (exact) mass is 1130 g/mol. The van der Waals surface area contributed by atoms with E-state index in [4.69, 9.17) is 14.2 Å². The summed E-state index contributed by atoms with van der Waals surface area (Å²) < 4.78 is 17.0. The molecule has 0 saturated carbocycles. The highest BCUT2D eigenvalue weighted by Gasteiger charge is 2.19. The van der Waals surface area contributed by atoms with E-state index in [1.807, 2.05) is 0 Å². The van der Waals surface area contributed by atoms with E-state index in [9.17, 15) is 14.4 Å². The molecule has 6 nitrogen and oxygen atoms in total. The zero-order chi connectivity index (χ0) is 58.5. The quantitative estimate of drug-likeness (QED) is 0.0261. The van der Waals surface area contributed by atoms with E-state index in [1.165, 1.54) is 205 Å². The highest BCUT2D eigenvalue weighted by atomic mass is 16.6. The van der Waals surface area contributed by atoms with Gasteiger partial charge in [-0.2, -0.15) is 0 Å². The average molecular weight is 1130 g/mol. The number of rotatable bonds is 64. The first kappa shape index (κ1) is 77.6. The Morgan fingerprint density at radius 1 is 0.259 bits per heavy atom. The lowest BCUT2D eigenvalue weighted by molar-refractivity contribution is -0.167. The van der Waals surface area contributed by atoms with Crippen LogP contribution in [0, 0.1) is 0 Å². The molecule has 81 heavy (non-hydrogen) atoms. The van der Waals surface area contributed by atoms with Gasteiger partial charge in [0.05, 0.1) is 0 Å². The summed E-state index contributed by atoms with van der Waals surface area (Å²) in [6.45, 7) is 6.55. The van der Waals surface area contributed by atoms with Crippen molar-refractivity contribution >= 4 is 17.9 Å². The normalized spacial score (nSPS) is 12.6. The van der Waals surface area contributed by atoms with Crippen LogP contribution in [0.1, 0.15) is 355 Å². The Morgan fingerprint density at radius 2 is 0.481 bits per heavy atom. The van der Waals surface area contributed by atoms with Gasteiger partial charge in [0.2, 0.25) is 0 Å². The summed E-state index contributed by atoms with van der Waals surface area (Å²) in [4.78, 5) is 38.4. The SMILES string of the molecule is CC/C=C\C/C=C\C/C=C\C/C=C\CCCCCCCCC(=O)OC(COC(=O)CCCCCCCCCCCCCCC)COC(=O)CCCCCCCCCCCCCCCCCC/C=C\C/C=C\C/C=C\CCCCCCC. The molecule has 0 N–H and O–H groups in total. The molecule has 0 aromatic carbocycles. The van der Waals surface area contributed by atoms with E-state index < -0.39 is 6.10 Å². The largest absolute Gasteiger partial charge is 0.462 e. The van der Waals surface area contributed by atoms with Crippen LogP contribution in [-0.2, 0) is 28.6 Å². The highest BCUT2D eigenvalue weighted by molar-refractivity contribution is 5.71. The Kier molecular flexibility index (Phi) is 66.2. The van der Waals surface area contributed by atoms with Crippen LogP contribution in [0.5, 0.6) is 0 Å². The van der Waals surface area contributed by atoms with Crippen molar-refractivity contribution in [1.29, 1.82) is 0 Å². The average Bonchev–Trinajstić information content (AvgIpc) is 3.46. The zero-order valence-electron chi connectivity index (χ0n) is 53.8. The van der Waals surface area contributed by atoms with E-state index in [-0.39, 0.29) is 31.1 Å². The van der Waals surface area contributed by atoms with E-state index in [2.05, 4.69) is 106 Å². The van der Waals surface area contributed by atoms with Crippen molar-refractivity contribution < 1.29 is 28.6 Å². The first-order chi connectivity index (χ1) is 40.0. The number of allylic oxidation sites excluding steroid dienone is 14. The van der Waals surface area contributed by atoms with Crippen LogP contribution in [0.4, 0.5) is 0 Å². The minimum absolute atomic E-state index is 0.0782. The summed E-state index contributed by atoms with van der Waals surface area (Å²) in [5.74, 6) is -0.874. The molecule has 0 aliphatic heterocycles. The lowest BCUT2D eigenvalue weighted by Gasteiger charge is -2.18. The van der Waals surface area contributed by atoms with Gasteiger partial charge in [-0.15, -0.1) is 0 Å². The van der Waals surface area contributed by atoms with Crippen LogP contribution < -0.4 is 0 Å². The molecule has 0 aliphatic carbocycles. The summed E-state index contributed by atoms with van der Waals surface area (Å²) in [5, 5.41) is 0. The molecule has 0 saturated heterocycles. The Balaban J connectivity index is 4.22. The summed E-state index contributed by atoms with van der Waals surface area (Å²) in [7, 11) is 0. The fourth-order valence-corrected chi connectivity index (χ4v) is 10.2. The molecule has 468 valence electrons. The number of hydrogen-bond acceptors (Lipinski definition) is 6. The van der Waals surface area contributed by atoms with Crippen molar-refractivity contribution in [3.05, 3.63) is 85.1 Å². The van der Waals surface area contributed by atoms with Crippen LogP contribution in [0.3, 0.4) is 0 Å². The maximum Gasteiger partial charge on any atom is 0.306 e.